The molecule has 1 amide bonds. The molecular formula is C15H14BrFN2O. The van der Waals surface area contributed by atoms with Gasteiger partial charge >= 0.3 is 0 Å². The maximum absolute atomic E-state index is 13.4. The summed E-state index contributed by atoms with van der Waals surface area (Å²) in [4.78, 5) is 11.7. The van der Waals surface area contributed by atoms with Crippen LogP contribution < -0.4 is 10.6 Å². The predicted molar refractivity (Wildman–Crippen MR) is 82.4 cm³/mol. The molecule has 0 atom stereocenters. The standard InChI is InChI=1S/C15H14BrFN2O/c1-10-8-11(6-7-12(10)16)18-9-15(20)19-14-5-3-2-4-13(14)17/h2-8,18H,9H2,1H3,(H,19,20). The molecule has 0 saturated carbocycles. The molecule has 2 rings (SSSR count). The van der Waals surface area contributed by atoms with Crippen LogP contribution in [-0.2, 0) is 4.79 Å². The summed E-state index contributed by atoms with van der Waals surface area (Å²) in [5.74, 6) is -0.740. The molecule has 0 aliphatic rings. The van der Waals surface area contributed by atoms with Crippen LogP contribution in [-0.4, -0.2) is 12.5 Å². The Morgan fingerprint density at radius 3 is 2.70 bits per heavy atom. The summed E-state index contributed by atoms with van der Waals surface area (Å²) in [6.45, 7) is 2.05. The molecule has 0 bridgehead atoms. The van der Waals surface area contributed by atoms with E-state index in [9.17, 15) is 9.18 Å². The number of para-hydroxylation sites is 1. The Hall–Kier alpha value is -1.88. The zero-order chi connectivity index (χ0) is 14.5. The summed E-state index contributed by atoms with van der Waals surface area (Å²) in [7, 11) is 0. The van der Waals surface area contributed by atoms with Crippen LogP contribution >= 0.6 is 15.9 Å². The molecule has 2 aromatic rings. The Balaban J connectivity index is 1.92. The molecule has 104 valence electrons. The van der Waals surface area contributed by atoms with E-state index in [4.69, 9.17) is 0 Å². The summed E-state index contributed by atoms with van der Waals surface area (Å²) in [5, 5.41) is 5.52. The van der Waals surface area contributed by atoms with Gasteiger partial charge in [-0.25, -0.2) is 4.39 Å². The lowest BCUT2D eigenvalue weighted by atomic mass is 10.2. The number of amides is 1. The fourth-order valence-corrected chi connectivity index (χ4v) is 1.94. The number of rotatable bonds is 4. The number of nitrogens with one attached hydrogen (secondary N) is 2. The van der Waals surface area contributed by atoms with E-state index in [2.05, 4.69) is 26.6 Å². The van der Waals surface area contributed by atoms with E-state index in [0.29, 0.717) is 0 Å². The molecule has 0 heterocycles. The highest BCUT2D eigenvalue weighted by atomic mass is 79.9. The second kappa shape index (κ2) is 6.52. The van der Waals surface area contributed by atoms with Crippen LogP contribution in [0, 0.1) is 12.7 Å². The summed E-state index contributed by atoms with van der Waals surface area (Å²) in [5.41, 5.74) is 2.10. The van der Waals surface area contributed by atoms with Gasteiger partial charge in [0.15, 0.2) is 0 Å². The van der Waals surface area contributed by atoms with Gasteiger partial charge in [-0.05, 0) is 42.8 Å². The largest absolute Gasteiger partial charge is 0.376 e. The van der Waals surface area contributed by atoms with Crippen molar-refractivity contribution in [2.45, 2.75) is 6.92 Å². The van der Waals surface area contributed by atoms with Crippen molar-refractivity contribution in [3.63, 3.8) is 0 Å². The molecule has 3 nitrogen and oxygen atoms in total. The van der Waals surface area contributed by atoms with Gasteiger partial charge in [0.05, 0.1) is 12.2 Å². The van der Waals surface area contributed by atoms with E-state index in [-0.39, 0.29) is 18.1 Å². The Bertz CT molecular complexity index is 631. The van der Waals surface area contributed by atoms with Gasteiger partial charge in [0.25, 0.3) is 0 Å². The molecule has 0 aliphatic carbocycles. The number of anilines is 2. The first-order valence-corrected chi connectivity index (χ1v) is 6.90. The van der Waals surface area contributed by atoms with Gasteiger partial charge in [-0.3, -0.25) is 4.79 Å². The van der Waals surface area contributed by atoms with Gasteiger partial charge in [-0.2, -0.15) is 0 Å². The van der Waals surface area contributed by atoms with Crippen molar-refractivity contribution in [2.24, 2.45) is 0 Å². The second-order valence-corrected chi connectivity index (χ2v) is 5.20. The van der Waals surface area contributed by atoms with Gasteiger partial charge < -0.3 is 10.6 Å². The van der Waals surface area contributed by atoms with Crippen molar-refractivity contribution in [1.29, 1.82) is 0 Å². The highest BCUT2D eigenvalue weighted by molar-refractivity contribution is 9.10. The lowest BCUT2D eigenvalue weighted by Crippen LogP contribution is -2.22. The Morgan fingerprint density at radius 1 is 1.25 bits per heavy atom. The van der Waals surface area contributed by atoms with Gasteiger partial charge in [-0.1, -0.05) is 28.1 Å². The molecule has 5 heteroatoms. The number of carbonyl (C=O) groups is 1. The molecule has 0 spiro atoms. The van der Waals surface area contributed by atoms with Crippen molar-refractivity contribution in [3.05, 3.63) is 58.3 Å². The molecule has 0 aromatic heterocycles. The van der Waals surface area contributed by atoms with Crippen LogP contribution in [0.5, 0.6) is 0 Å². The minimum Gasteiger partial charge on any atom is -0.376 e. The van der Waals surface area contributed by atoms with Gasteiger partial charge in [0, 0.05) is 10.2 Å². The van der Waals surface area contributed by atoms with Crippen LogP contribution in [0.2, 0.25) is 0 Å². The van der Waals surface area contributed by atoms with Crippen LogP contribution in [0.3, 0.4) is 0 Å². The Kier molecular flexibility index (Phi) is 4.74. The van der Waals surface area contributed by atoms with Crippen molar-refractivity contribution < 1.29 is 9.18 Å². The summed E-state index contributed by atoms with van der Waals surface area (Å²) >= 11 is 3.41. The number of hydrogen-bond donors (Lipinski definition) is 2. The summed E-state index contributed by atoms with van der Waals surface area (Å²) in [6, 6.07) is 11.8. The molecule has 2 N–H and O–H groups in total. The van der Waals surface area contributed by atoms with E-state index in [1.807, 2.05) is 25.1 Å². The van der Waals surface area contributed by atoms with Gasteiger partial charge in [0.1, 0.15) is 5.82 Å². The second-order valence-electron chi connectivity index (χ2n) is 4.35. The first-order valence-electron chi connectivity index (χ1n) is 6.10. The Labute approximate surface area is 125 Å². The zero-order valence-electron chi connectivity index (χ0n) is 10.9. The van der Waals surface area contributed by atoms with Crippen molar-refractivity contribution in [2.75, 3.05) is 17.2 Å². The molecule has 0 aliphatic heterocycles. The number of benzene rings is 2. The van der Waals surface area contributed by atoms with Crippen molar-refractivity contribution >= 4 is 33.2 Å². The van der Waals surface area contributed by atoms with E-state index in [0.717, 1.165) is 15.7 Å². The molecule has 0 saturated heterocycles. The topological polar surface area (TPSA) is 41.1 Å². The SMILES string of the molecule is Cc1cc(NCC(=O)Nc2ccccc2F)ccc1Br. The molecule has 0 unspecified atom stereocenters. The molecular weight excluding hydrogens is 323 g/mol. The number of aryl methyl sites for hydroxylation is 1. The molecule has 0 fully saturated rings. The average Bonchev–Trinajstić information content (AvgIpc) is 2.43. The monoisotopic (exact) mass is 336 g/mol. The Morgan fingerprint density at radius 2 is 2.00 bits per heavy atom. The van der Waals surface area contributed by atoms with Crippen LogP contribution in [0.1, 0.15) is 5.56 Å². The zero-order valence-corrected chi connectivity index (χ0v) is 12.5. The van der Waals surface area contributed by atoms with Crippen molar-refractivity contribution in [3.8, 4) is 0 Å². The predicted octanol–water partition coefficient (Wildman–Crippen LogP) is 3.95. The third kappa shape index (κ3) is 3.81. The third-order valence-corrected chi connectivity index (χ3v) is 3.65. The molecule has 20 heavy (non-hydrogen) atoms. The molecule has 2 aromatic carbocycles. The first kappa shape index (κ1) is 14.5. The smallest absolute Gasteiger partial charge is 0.243 e. The normalized spacial score (nSPS) is 10.2. The number of carbonyl (C=O) groups excluding carboxylic acids is 1. The third-order valence-electron chi connectivity index (χ3n) is 2.76. The fraction of sp³-hybridized carbons (Fsp3) is 0.133. The van der Waals surface area contributed by atoms with Gasteiger partial charge in [0.2, 0.25) is 5.91 Å². The maximum atomic E-state index is 13.4. The van der Waals surface area contributed by atoms with Crippen LogP contribution in [0.25, 0.3) is 0 Å². The lowest BCUT2D eigenvalue weighted by Gasteiger charge is -2.09. The quantitative estimate of drug-likeness (QED) is 0.887. The average molecular weight is 337 g/mol. The van der Waals surface area contributed by atoms with E-state index < -0.39 is 5.82 Å². The highest BCUT2D eigenvalue weighted by Gasteiger charge is 2.06. The van der Waals surface area contributed by atoms with Crippen LogP contribution in [0.4, 0.5) is 15.8 Å². The van der Waals surface area contributed by atoms with Crippen LogP contribution in [0.15, 0.2) is 46.9 Å². The minimum atomic E-state index is -0.444. The summed E-state index contributed by atoms with van der Waals surface area (Å²) in [6.07, 6.45) is 0. The van der Waals surface area contributed by atoms with E-state index >= 15 is 0 Å². The van der Waals surface area contributed by atoms with Crippen molar-refractivity contribution in [1.82, 2.24) is 0 Å². The maximum Gasteiger partial charge on any atom is 0.243 e. The van der Waals surface area contributed by atoms with E-state index in [1.54, 1.807) is 12.1 Å². The van der Waals surface area contributed by atoms with Gasteiger partial charge in [-0.15, -0.1) is 0 Å². The fourth-order valence-electron chi connectivity index (χ4n) is 1.69. The number of halogens is 2. The van der Waals surface area contributed by atoms with E-state index in [1.165, 1.54) is 12.1 Å². The number of hydrogen-bond acceptors (Lipinski definition) is 2. The highest BCUT2D eigenvalue weighted by Crippen LogP contribution is 2.19. The summed E-state index contributed by atoms with van der Waals surface area (Å²) < 4.78 is 14.4. The lowest BCUT2D eigenvalue weighted by molar-refractivity contribution is -0.114. The first-order chi connectivity index (χ1) is 9.56. The minimum absolute atomic E-state index is 0.0788. The molecule has 0 radical (unpaired) electrons.